The zero-order valence-corrected chi connectivity index (χ0v) is 13.1. The Labute approximate surface area is 129 Å². The summed E-state index contributed by atoms with van der Waals surface area (Å²) in [6.45, 7) is 5.34. The fourth-order valence-electron chi connectivity index (χ4n) is 1.89. The van der Waals surface area contributed by atoms with Crippen molar-refractivity contribution in [1.82, 2.24) is 10.6 Å². The van der Waals surface area contributed by atoms with Gasteiger partial charge in [0.2, 0.25) is 11.8 Å². The van der Waals surface area contributed by atoms with Gasteiger partial charge in [-0.2, -0.15) is 0 Å². The van der Waals surface area contributed by atoms with Crippen LogP contribution in [0.4, 0.5) is 4.39 Å². The standard InChI is InChI=1S/C15H20ClFN2O2/c1-4-13(20)18-8-14(21)19-15(9(2)3)11-6-5-10(16)7-12(11)17/h5-7,9,15H,4,8H2,1-3H3,(H,18,20)(H,19,21)/t15-/m1/s1. The van der Waals surface area contributed by atoms with E-state index in [-0.39, 0.29) is 24.3 Å². The lowest BCUT2D eigenvalue weighted by Crippen LogP contribution is -2.40. The van der Waals surface area contributed by atoms with E-state index < -0.39 is 11.9 Å². The molecule has 1 aromatic carbocycles. The highest BCUT2D eigenvalue weighted by atomic mass is 35.5. The SMILES string of the molecule is CCC(=O)NCC(=O)N[C@@H](c1ccc(Cl)cc1F)C(C)C. The summed E-state index contributed by atoms with van der Waals surface area (Å²) in [4.78, 5) is 23.0. The van der Waals surface area contributed by atoms with Crippen LogP contribution >= 0.6 is 11.6 Å². The lowest BCUT2D eigenvalue weighted by Gasteiger charge is -2.23. The summed E-state index contributed by atoms with van der Waals surface area (Å²) in [6.07, 6.45) is 0.312. The number of benzene rings is 1. The Kier molecular flexibility index (Phi) is 6.62. The predicted octanol–water partition coefficient (Wildman–Crippen LogP) is 2.82. The Balaban J connectivity index is 2.78. The van der Waals surface area contributed by atoms with Crippen LogP contribution in [0.15, 0.2) is 18.2 Å². The van der Waals surface area contributed by atoms with E-state index in [9.17, 15) is 14.0 Å². The minimum absolute atomic E-state index is 0.00787. The third-order valence-corrected chi connectivity index (χ3v) is 3.28. The van der Waals surface area contributed by atoms with Gasteiger partial charge in [-0.3, -0.25) is 9.59 Å². The van der Waals surface area contributed by atoms with E-state index in [1.807, 2.05) is 13.8 Å². The monoisotopic (exact) mass is 314 g/mol. The highest BCUT2D eigenvalue weighted by Crippen LogP contribution is 2.26. The lowest BCUT2D eigenvalue weighted by atomic mass is 9.95. The number of carbonyl (C=O) groups is 2. The first-order valence-electron chi connectivity index (χ1n) is 6.86. The first-order chi connectivity index (χ1) is 9.85. The van der Waals surface area contributed by atoms with E-state index in [4.69, 9.17) is 11.6 Å². The summed E-state index contributed by atoms with van der Waals surface area (Å²) in [5.74, 6) is -1.03. The molecule has 4 nitrogen and oxygen atoms in total. The average Bonchev–Trinajstić information content (AvgIpc) is 2.42. The van der Waals surface area contributed by atoms with Crippen LogP contribution in [0.2, 0.25) is 5.02 Å². The van der Waals surface area contributed by atoms with Gasteiger partial charge < -0.3 is 10.6 Å². The zero-order chi connectivity index (χ0) is 16.0. The van der Waals surface area contributed by atoms with Crippen LogP contribution in [-0.2, 0) is 9.59 Å². The number of amides is 2. The zero-order valence-electron chi connectivity index (χ0n) is 12.4. The molecule has 6 heteroatoms. The molecular weight excluding hydrogens is 295 g/mol. The number of halogens is 2. The molecule has 21 heavy (non-hydrogen) atoms. The van der Waals surface area contributed by atoms with Gasteiger partial charge in [0.15, 0.2) is 0 Å². The maximum atomic E-state index is 14.0. The van der Waals surface area contributed by atoms with E-state index in [2.05, 4.69) is 10.6 Å². The van der Waals surface area contributed by atoms with Gasteiger partial charge in [0.05, 0.1) is 12.6 Å². The number of rotatable bonds is 6. The van der Waals surface area contributed by atoms with E-state index in [1.165, 1.54) is 6.07 Å². The third-order valence-electron chi connectivity index (χ3n) is 3.05. The molecule has 0 aromatic heterocycles. The van der Waals surface area contributed by atoms with Crippen LogP contribution in [-0.4, -0.2) is 18.4 Å². The second-order valence-electron chi connectivity index (χ2n) is 5.09. The molecule has 116 valence electrons. The topological polar surface area (TPSA) is 58.2 Å². The molecule has 0 bridgehead atoms. The number of hydrogen-bond donors (Lipinski definition) is 2. The molecule has 0 aliphatic heterocycles. The van der Waals surface area contributed by atoms with Gasteiger partial charge in [0.25, 0.3) is 0 Å². The van der Waals surface area contributed by atoms with Crippen molar-refractivity contribution in [3.63, 3.8) is 0 Å². The third kappa shape index (κ3) is 5.34. The van der Waals surface area contributed by atoms with Crippen LogP contribution in [0.1, 0.15) is 38.8 Å². The summed E-state index contributed by atoms with van der Waals surface area (Å²) >= 11 is 5.73. The van der Waals surface area contributed by atoms with Crippen molar-refractivity contribution in [2.45, 2.75) is 33.2 Å². The van der Waals surface area contributed by atoms with Crippen molar-refractivity contribution >= 4 is 23.4 Å². The Morgan fingerprint density at radius 3 is 2.48 bits per heavy atom. The van der Waals surface area contributed by atoms with Crippen LogP contribution in [0.25, 0.3) is 0 Å². The Morgan fingerprint density at radius 2 is 1.95 bits per heavy atom. The first kappa shape index (κ1) is 17.4. The molecule has 0 saturated heterocycles. The van der Waals surface area contributed by atoms with Crippen LogP contribution in [0, 0.1) is 11.7 Å². The van der Waals surface area contributed by atoms with Gasteiger partial charge in [-0.25, -0.2) is 4.39 Å². The van der Waals surface area contributed by atoms with Crippen LogP contribution in [0.5, 0.6) is 0 Å². The minimum Gasteiger partial charge on any atom is -0.347 e. The molecule has 2 N–H and O–H groups in total. The maximum Gasteiger partial charge on any atom is 0.239 e. The number of carbonyl (C=O) groups excluding carboxylic acids is 2. The van der Waals surface area contributed by atoms with Crippen molar-refractivity contribution < 1.29 is 14.0 Å². The normalized spacial score (nSPS) is 12.1. The smallest absolute Gasteiger partial charge is 0.239 e. The molecule has 0 aliphatic rings. The summed E-state index contributed by atoms with van der Waals surface area (Å²) in [7, 11) is 0. The van der Waals surface area contributed by atoms with Crippen molar-refractivity contribution in [2.24, 2.45) is 5.92 Å². The van der Waals surface area contributed by atoms with Crippen molar-refractivity contribution in [1.29, 1.82) is 0 Å². The van der Waals surface area contributed by atoms with E-state index in [0.717, 1.165) is 0 Å². The summed E-state index contributed by atoms with van der Waals surface area (Å²) in [5, 5.41) is 5.53. The number of hydrogen-bond acceptors (Lipinski definition) is 2. The maximum absolute atomic E-state index is 14.0. The molecule has 0 fully saturated rings. The quantitative estimate of drug-likeness (QED) is 0.848. The fraction of sp³-hybridized carbons (Fsp3) is 0.467. The Morgan fingerprint density at radius 1 is 1.29 bits per heavy atom. The highest BCUT2D eigenvalue weighted by Gasteiger charge is 2.21. The largest absolute Gasteiger partial charge is 0.347 e. The van der Waals surface area contributed by atoms with Crippen molar-refractivity contribution in [3.05, 3.63) is 34.6 Å². The van der Waals surface area contributed by atoms with E-state index in [0.29, 0.717) is 17.0 Å². The van der Waals surface area contributed by atoms with Gasteiger partial charge >= 0.3 is 0 Å². The molecule has 2 amide bonds. The minimum atomic E-state index is -0.478. The van der Waals surface area contributed by atoms with Crippen molar-refractivity contribution in [2.75, 3.05) is 6.54 Å². The first-order valence-corrected chi connectivity index (χ1v) is 7.24. The van der Waals surface area contributed by atoms with Crippen LogP contribution < -0.4 is 10.6 Å². The molecule has 1 rings (SSSR count). The second kappa shape index (κ2) is 7.98. The molecule has 0 aliphatic carbocycles. The summed E-state index contributed by atoms with van der Waals surface area (Å²) in [5.41, 5.74) is 0.379. The fourth-order valence-corrected chi connectivity index (χ4v) is 2.04. The van der Waals surface area contributed by atoms with Gasteiger partial charge in [-0.15, -0.1) is 0 Å². The summed E-state index contributed by atoms with van der Waals surface area (Å²) in [6, 6.07) is 3.89. The van der Waals surface area contributed by atoms with Gasteiger partial charge in [0, 0.05) is 17.0 Å². The highest BCUT2D eigenvalue weighted by molar-refractivity contribution is 6.30. The molecule has 0 heterocycles. The molecule has 0 radical (unpaired) electrons. The lowest BCUT2D eigenvalue weighted by molar-refractivity contribution is -0.126. The van der Waals surface area contributed by atoms with Gasteiger partial charge in [0.1, 0.15) is 5.82 Å². The number of nitrogens with one attached hydrogen (secondary N) is 2. The van der Waals surface area contributed by atoms with Crippen molar-refractivity contribution in [3.8, 4) is 0 Å². The molecule has 1 atom stereocenters. The molecule has 0 spiro atoms. The van der Waals surface area contributed by atoms with E-state index >= 15 is 0 Å². The van der Waals surface area contributed by atoms with Crippen LogP contribution in [0.3, 0.4) is 0 Å². The molecule has 0 unspecified atom stereocenters. The molecule has 1 aromatic rings. The molecule has 0 saturated carbocycles. The van der Waals surface area contributed by atoms with Gasteiger partial charge in [-0.1, -0.05) is 38.4 Å². The summed E-state index contributed by atoms with van der Waals surface area (Å²) < 4.78 is 14.0. The van der Waals surface area contributed by atoms with E-state index in [1.54, 1.807) is 19.1 Å². The average molecular weight is 315 g/mol. The second-order valence-corrected chi connectivity index (χ2v) is 5.52. The Hall–Kier alpha value is -1.62. The molecular formula is C15H20ClFN2O2. The Bertz CT molecular complexity index is 520. The van der Waals surface area contributed by atoms with Gasteiger partial charge in [-0.05, 0) is 18.1 Å². The predicted molar refractivity (Wildman–Crippen MR) is 80.4 cm³/mol.